The van der Waals surface area contributed by atoms with E-state index in [1.54, 1.807) is 12.1 Å². The molecule has 1 saturated heterocycles. The van der Waals surface area contributed by atoms with Gasteiger partial charge < -0.3 is 9.88 Å². The molecule has 2 fully saturated rings. The molecule has 1 aliphatic heterocycles. The van der Waals surface area contributed by atoms with E-state index in [1.165, 1.54) is 25.7 Å². The number of piperazine rings is 1. The van der Waals surface area contributed by atoms with Crippen molar-refractivity contribution in [1.29, 1.82) is 0 Å². The number of carbonyl (C=O) groups excluding carboxylic acids is 1. The summed E-state index contributed by atoms with van der Waals surface area (Å²) in [5.74, 6) is -0.137. The second-order valence-electron chi connectivity index (χ2n) is 6.15. The summed E-state index contributed by atoms with van der Waals surface area (Å²) in [7, 11) is 0. The van der Waals surface area contributed by atoms with Crippen LogP contribution in [-0.4, -0.2) is 52.9 Å². The Morgan fingerprint density at radius 2 is 1.81 bits per heavy atom. The molecule has 1 N–H and O–H groups in total. The highest BCUT2D eigenvalue weighted by atomic mass is 16.2. The number of carbonyl (C=O) groups is 1. The van der Waals surface area contributed by atoms with Crippen LogP contribution in [0.15, 0.2) is 16.9 Å². The van der Waals surface area contributed by atoms with Gasteiger partial charge in [0.25, 0.3) is 11.5 Å². The minimum absolute atomic E-state index is 0.137. The SMILES string of the molecule is Cc1ccc(C(=O)N2CCN(C3CCCC3)CC2)c(=O)[nH]1. The summed E-state index contributed by atoms with van der Waals surface area (Å²) >= 11 is 0. The van der Waals surface area contributed by atoms with Crippen LogP contribution in [0.3, 0.4) is 0 Å². The quantitative estimate of drug-likeness (QED) is 0.895. The molecule has 5 heteroatoms. The molecular weight excluding hydrogens is 266 g/mol. The number of rotatable bonds is 2. The van der Waals surface area contributed by atoms with Crippen molar-refractivity contribution >= 4 is 5.91 Å². The first-order valence-corrected chi connectivity index (χ1v) is 7.88. The Hall–Kier alpha value is -1.62. The monoisotopic (exact) mass is 289 g/mol. The fraction of sp³-hybridized carbons (Fsp3) is 0.625. The predicted molar refractivity (Wildman–Crippen MR) is 81.5 cm³/mol. The van der Waals surface area contributed by atoms with Crippen molar-refractivity contribution in [2.45, 2.75) is 38.6 Å². The third kappa shape index (κ3) is 3.02. The Kier molecular flexibility index (Phi) is 4.10. The van der Waals surface area contributed by atoms with E-state index in [-0.39, 0.29) is 17.0 Å². The van der Waals surface area contributed by atoms with Crippen LogP contribution < -0.4 is 5.56 Å². The third-order valence-corrected chi connectivity index (χ3v) is 4.73. The van der Waals surface area contributed by atoms with Crippen LogP contribution in [0.25, 0.3) is 0 Å². The summed E-state index contributed by atoms with van der Waals surface area (Å²) in [6.07, 6.45) is 5.27. The Morgan fingerprint density at radius 3 is 2.43 bits per heavy atom. The lowest BCUT2D eigenvalue weighted by molar-refractivity contribution is 0.0571. The van der Waals surface area contributed by atoms with Gasteiger partial charge in [0.05, 0.1) is 0 Å². The van der Waals surface area contributed by atoms with Gasteiger partial charge in [0.15, 0.2) is 0 Å². The van der Waals surface area contributed by atoms with Crippen molar-refractivity contribution in [3.8, 4) is 0 Å². The number of aromatic amines is 1. The molecule has 1 aliphatic carbocycles. The predicted octanol–water partition coefficient (Wildman–Crippen LogP) is 1.38. The lowest BCUT2D eigenvalue weighted by Crippen LogP contribution is -2.52. The van der Waals surface area contributed by atoms with E-state index in [2.05, 4.69) is 9.88 Å². The first kappa shape index (κ1) is 14.3. The number of H-pyrrole nitrogens is 1. The number of hydrogen-bond donors (Lipinski definition) is 1. The van der Waals surface area contributed by atoms with Gasteiger partial charge in [0, 0.05) is 37.9 Å². The van der Waals surface area contributed by atoms with Crippen molar-refractivity contribution in [2.75, 3.05) is 26.2 Å². The Balaban J connectivity index is 1.63. The van der Waals surface area contributed by atoms with Crippen molar-refractivity contribution in [1.82, 2.24) is 14.8 Å². The standard InChI is InChI=1S/C16H23N3O2/c1-12-6-7-14(15(20)17-12)16(21)19-10-8-18(9-11-19)13-4-2-3-5-13/h6-7,13H,2-5,8-11H2,1H3,(H,17,20). The van der Waals surface area contributed by atoms with Crippen LogP contribution in [0, 0.1) is 6.92 Å². The molecule has 2 heterocycles. The van der Waals surface area contributed by atoms with Gasteiger partial charge in [0.1, 0.15) is 5.56 Å². The van der Waals surface area contributed by atoms with E-state index in [4.69, 9.17) is 0 Å². The van der Waals surface area contributed by atoms with E-state index in [0.717, 1.165) is 31.9 Å². The number of nitrogens with zero attached hydrogens (tertiary/aromatic N) is 2. The average molecular weight is 289 g/mol. The maximum absolute atomic E-state index is 12.4. The fourth-order valence-electron chi connectivity index (χ4n) is 3.47. The van der Waals surface area contributed by atoms with Crippen LogP contribution in [0.2, 0.25) is 0 Å². The normalized spacial score (nSPS) is 20.9. The Bertz CT molecular complexity index is 567. The minimum Gasteiger partial charge on any atom is -0.336 e. The minimum atomic E-state index is -0.279. The van der Waals surface area contributed by atoms with Crippen LogP contribution in [-0.2, 0) is 0 Å². The van der Waals surface area contributed by atoms with Crippen LogP contribution >= 0.6 is 0 Å². The smallest absolute Gasteiger partial charge is 0.260 e. The van der Waals surface area contributed by atoms with Crippen LogP contribution in [0.1, 0.15) is 41.7 Å². The van der Waals surface area contributed by atoms with E-state index >= 15 is 0 Å². The summed E-state index contributed by atoms with van der Waals surface area (Å²) in [6.45, 7) is 5.13. The molecule has 0 atom stereocenters. The van der Waals surface area contributed by atoms with Gasteiger partial charge in [-0.25, -0.2) is 0 Å². The van der Waals surface area contributed by atoms with Gasteiger partial charge in [-0.1, -0.05) is 12.8 Å². The molecule has 5 nitrogen and oxygen atoms in total. The lowest BCUT2D eigenvalue weighted by atomic mass is 10.1. The number of aromatic nitrogens is 1. The number of hydrogen-bond acceptors (Lipinski definition) is 3. The molecule has 1 aromatic rings. The molecule has 3 rings (SSSR count). The zero-order valence-corrected chi connectivity index (χ0v) is 12.6. The van der Waals surface area contributed by atoms with Gasteiger partial charge in [0.2, 0.25) is 0 Å². The van der Waals surface area contributed by atoms with Crippen molar-refractivity contribution in [3.63, 3.8) is 0 Å². The first-order chi connectivity index (χ1) is 10.1. The van der Waals surface area contributed by atoms with Gasteiger partial charge in [-0.15, -0.1) is 0 Å². The van der Waals surface area contributed by atoms with Crippen LogP contribution in [0.5, 0.6) is 0 Å². The first-order valence-electron chi connectivity index (χ1n) is 7.88. The zero-order valence-electron chi connectivity index (χ0n) is 12.6. The molecule has 1 amide bonds. The molecule has 114 valence electrons. The molecule has 2 aliphatic rings. The maximum Gasteiger partial charge on any atom is 0.260 e. The van der Waals surface area contributed by atoms with E-state index < -0.39 is 0 Å². The summed E-state index contributed by atoms with van der Waals surface area (Å²) in [5, 5.41) is 0. The van der Waals surface area contributed by atoms with Gasteiger partial charge >= 0.3 is 0 Å². The molecule has 1 aromatic heterocycles. The van der Waals surface area contributed by atoms with E-state index in [0.29, 0.717) is 6.04 Å². The van der Waals surface area contributed by atoms with Crippen molar-refractivity contribution in [3.05, 3.63) is 33.7 Å². The summed E-state index contributed by atoms with van der Waals surface area (Å²) in [4.78, 5) is 31.4. The second-order valence-corrected chi connectivity index (χ2v) is 6.15. The Morgan fingerprint density at radius 1 is 1.14 bits per heavy atom. The maximum atomic E-state index is 12.4. The summed E-state index contributed by atoms with van der Waals surface area (Å²) in [5.41, 5.74) is 0.760. The molecular formula is C16H23N3O2. The number of amides is 1. The highest BCUT2D eigenvalue weighted by Gasteiger charge is 2.28. The molecule has 0 unspecified atom stereocenters. The molecule has 0 aromatic carbocycles. The number of pyridine rings is 1. The van der Waals surface area contributed by atoms with Gasteiger partial charge in [-0.2, -0.15) is 0 Å². The number of nitrogens with one attached hydrogen (secondary N) is 1. The van der Waals surface area contributed by atoms with Crippen molar-refractivity contribution < 1.29 is 4.79 Å². The molecule has 1 saturated carbocycles. The zero-order chi connectivity index (χ0) is 14.8. The van der Waals surface area contributed by atoms with E-state index in [9.17, 15) is 9.59 Å². The highest BCUT2D eigenvalue weighted by molar-refractivity contribution is 5.93. The Labute approximate surface area is 124 Å². The third-order valence-electron chi connectivity index (χ3n) is 4.73. The summed E-state index contributed by atoms with van der Waals surface area (Å²) in [6, 6.07) is 4.13. The largest absolute Gasteiger partial charge is 0.336 e. The molecule has 0 spiro atoms. The molecule has 0 radical (unpaired) electrons. The fourth-order valence-corrected chi connectivity index (χ4v) is 3.47. The van der Waals surface area contributed by atoms with Gasteiger partial charge in [-0.3, -0.25) is 14.5 Å². The molecule has 21 heavy (non-hydrogen) atoms. The topological polar surface area (TPSA) is 56.4 Å². The highest BCUT2D eigenvalue weighted by Crippen LogP contribution is 2.24. The second kappa shape index (κ2) is 6.02. The van der Waals surface area contributed by atoms with Crippen molar-refractivity contribution in [2.24, 2.45) is 0 Å². The molecule has 0 bridgehead atoms. The van der Waals surface area contributed by atoms with Gasteiger partial charge in [-0.05, 0) is 31.9 Å². The average Bonchev–Trinajstić information content (AvgIpc) is 3.01. The van der Waals surface area contributed by atoms with Crippen LogP contribution in [0.4, 0.5) is 0 Å². The lowest BCUT2D eigenvalue weighted by Gasteiger charge is -2.38. The summed E-state index contributed by atoms with van der Waals surface area (Å²) < 4.78 is 0. The number of aryl methyl sites for hydroxylation is 1. The van der Waals surface area contributed by atoms with E-state index in [1.807, 2.05) is 11.8 Å².